The Labute approximate surface area is 336 Å². The molecule has 0 saturated carbocycles. The third-order valence-corrected chi connectivity index (χ3v) is 11.3. The van der Waals surface area contributed by atoms with Crippen LogP contribution in [0.2, 0.25) is 0 Å². The smallest absolute Gasteiger partial charge is 0.170 e. The molecule has 0 aliphatic heterocycles. The predicted octanol–water partition coefficient (Wildman–Crippen LogP) is 14.0. The molecule has 0 unspecified atom stereocenters. The first-order chi connectivity index (χ1) is 25.0. The van der Waals surface area contributed by atoms with Crippen molar-refractivity contribution in [3.05, 3.63) is 102 Å². The van der Waals surface area contributed by atoms with E-state index in [1.165, 1.54) is 22.6 Å². The van der Waals surface area contributed by atoms with E-state index in [4.69, 9.17) is 13.8 Å². The van der Waals surface area contributed by atoms with E-state index >= 15 is 0 Å². The van der Waals surface area contributed by atoms with Crippen LogP contribution < -0.4 is 0 Å². The molecule has 0 atom stereocenters. The standard InChI is InChI=1S/C33H30NO2.C15H28O2.Ir/c1-20(2)14-21-10-11-28-24(15-21)19-29(35-28)30-18-23-12-13-34-31(32(23)36-30)25-16-22-8-6-7-9-26(22)27(17-25)33(3,4)5;1-7-14(5,8-2)12(16)11-13(17)15(6,9-3)10-4;/h6-13,15,17-20H,14H2,1-5H3;11,16H,7-10H2,1-6H3;/q-1;;/b;12-11-;. The first kappa shape index (κ1) is 42.7. The Morgan fingerprint density at radius 1 is 0.815 bits per heavy atom. The number of pyridine rings is 1. The Balaban J connectivity index is 0.000000309. The summed E-state index contributed by atoms with van der Waals surface area (Å²) in [4.78, 5) is 16.9. The van der Waals surface area contributed by atoms with Crippen LogP contribution in [0.15, 0.2) is 93.6 Å². The van der Waals surface area contributed by atoms with Crippen molar-refractivity contribution in [1.29, 1.82) is 0 Å². The molecule has 0 aliphatic carbocycles. The van der Waals surface area contributed by atoms with Crippen LogP contribution in [0.3, 0.4) is 0 Å². The quantitative estimate of drug-likeness (QED) is 0.0796. The van der Waals surface area contributed by atoms with Crippen LogP contribution in [0.25, 0.3) is 55.5 Å². The average molecular weight is 905 g/mol. The topological polar surface area (TPSA) is 76.5 Å². The Hall–Kier alpha value is -3.99. The first-order valence-corrected chi connectivity index (χ1v) is 19.4. The molecule has 0 aliphatic rings. The van der Waals surface area contributed by atoms with Crippen LogP contribution in [-0.4, -0.2) is 15.9 Å². The number of aromatic nitrogens is 1. The van der Waals surface area contributed by atoms with Crippen molar-refractivity contribution in [1.82, 2.24) is 4.98 Å². The predicted molar refractivity (Wildman–Crippen MR) is 221 cm³/mol. The minimum absolute atomic E-state index is 0. The summed E-state index contributed by atoms with van der Waals surface area (Å²) in [5.74, 6) is 2.33. The van der Waals surface area contributed by atoms with Gasteiger partial charge in [0.25, 0.3) is 0 Å². The van der Waals surface area contributed by atoms with Gasteiger partial charge in [0.1, 0.15) is 16.9 Å². The van der Waals surface area contributed by atoms with Gasteiger partial charge < -0.3 is 13.9 Å². The molecule has 5 nitrogen and oxygen atoms in total. The van der Waals surface area contributed by atoms with Crippen molar-refractivity contribution in [2.24, 2.45) is 16.7 Å². The number of hydrogen-bond donors (Lipinski definition) is 1. The van der Waals surface area contributed by atoms with Gasteiger partial charge in [-0.15, -0.1) is 29.1 Å². The molecule has 6 aromatic rings. The van der Waals surface area contributed by atoms with Crippen LogP contribution in [0.1, 0.15) is 113 Å². The summed E-state index contributed by atoms with van der Waals surface area (Å²) in [5.41, 5.74) is 5.32. The van der Waals surface area contributed by atoms with Gasteiger partial charge in [-0.2, -0.15) is 0 Å². The Kier molecular flexibility index (Phi) is 13.6. The maximum atomic E-state index is 12.2. The van der Waals surface area contributed by atoms with Gasteiger partial charge >= 0.3 is 0 Å². The van der Waals surface area contributed by atoms with Crippen LogP contribution in [0.4, 0.5) is 0 Å². The number of ketones is 1. The minimum Gasteiger partial charge on any atom is -0.512 e. The van der Waals surface area contributed by atoms with Crippen LogP contribution in [0.5, 0.6) is 0 Å². The molecule has 0 amide bonds. The van der Waals surface area contributed by atoms with Gasteiger partial charge in [0.05, 0.1) is 0 Å². The fourth-order valence-corrected chi connectivity index (χ4v) is 6.75. The molecule has 0 fully saturated rings. The number of carbonyl (C=O) groups is 1. The fraction of sp³-hybridized carbons (Fsp3) is 0.417. The third-order valence-electron chi connectivity index (χ3n) is 11.3. The van der Waals surface area contributed by atoms with E-state index in [-0.39, 0.29) is 47.9 Å². The molecule has 0 spiro atoms. The number of fused-ring (bicyclic) bond motifs is 3. The van der Waals surface area contributed by atoms with Crippen LogP contribution in [0, 0.1) is 22.8 Å². The summed E-state index contributed by atoms with van der Waals surface area (Å²) in [6, 6.07) is 26.8. The van der Waals surface area contributed by atoms with Gasteiger partial charge in [-0.05, 0) is 79.3 Å². The first-order valence-electron chi connectivity index (χ1n) is 19.4. The maximum Gasteiger partial charge on any atom is 0.170 e. The fourth-order valence-electron chi connectivity index (χ4n) is 6.75. The molecule has 289 valence electrons. The van der Waals surface area contributed by atoms with Gasteiger partial charge in [-0.1, -0.05) is 111 Å². The maximum absolute atomic E-state index is 12.2. The summed E-state index contributed by atoms with van der Waals surface area (Å²) in [7, 11) is 0. The molecule has 6 heteroatoms. The minimum atomic E-state index is -0.337. The molecular formula is C48H58IrNO4-. The molecule has 54 heavy (non-hydrogen) atoms. The van der Waals surface area contributed by atoms with Gasteiger partial charge in [-0.25, -0.2) is 0 Å². The zero-order valence-electron chi connectivity index (χ0n) is 34.1. The number of carbonyl (C=O) groups excluding carboxylic acids is 1. The second-order valence-corrected chi connectivity index (χ2v) is 16.6. The number of aliphatic hydroxyl groups excluding tert-OH is 1. The summed E-state index contributed by atoms with van der Waals surface area (Å²) in [5, 5.41) is 14.5. The van der Waals surface area contributed by atoms with Gasteiger partial charge in [-0.3, -0.25) is 9.78 Å². The van der Waals surface area contributed by atoms with Crippen molar-refractivity contribution < 1.29 is 38.8 Å². The molecule has 3 heterocycles. The number of hydrogen-bond acceptors (Lipinski definition) is 5. The summed E-state index contributed by atoms with van der Waals surface area (Å²) >= 11 is 0. The Bertz CT molecular complexity index is 2240. The average Bonchev–Trinajstić information content (AvgIpc) is 3.77. The van der Waals surface area contributed by atoms with Crippen molar-refractivity contribution in [3.63, 3.8) is 0 Å². The Morgan fingerprint density at radius 3 is 2.07 bits per heavy atom. The van der Waals surface area contributed by atoms with Crippen molar-refractivity contribution in [2.75, 3.05) is 0 Å². The van der Waals surface area contributed by atoms with Gasteiger partial charge in [0, 0.05) is 59.7 Å². The molecule has 0 saturated heterocycles. The monoisotopic (exact) mass is 905 g/mol. The second-order valence-electron chi connectivity index (χ2n) is 16.6. The van der Waals surface area contributed by atoms with Gasteiger partial charge in [0.15, 0.2) is 17.3 Å². The van der Waals surface area contributed by atoms with E-state index in [0.29, 0.717) is 11.7 Å². The zero-order valence-corrected chi connectivity index (χ0v) is 36.5. The van der Waals surface area contributed by atoms with Gasteiger partial charge in [0.2, 0.25) is 0 Å². The number of nitrogens with zero attached hydrogens (tertiary/aromatic N) is 1. The summed E-state index contributed by atoms with van der Waals surface area (Å²) in [6.07, 6.45) is 7.65. The molecule has 3 aromatic heterocycles. The molecule has 1 N–H and O–H groups in total. The van der Waals surface area contributed by atoms with Crippen LogP contribution in [-0.2, 0) is 36.7 Å². The van der Waals surface area contributed by atoms with Crippen molar-refractivity contribution in [2.45, 2.75) is 114 Å². The number of benzene rings is 3. The van der Waals surface area contributed by atoms with Crippen molar-refractivity contribution in [3.8, 4) is 22.8 Å². The largest absolute Gasteiger partial charge is 0.512 e. The van der Waals surface area contributed by atoms with Crippen LogP contribution >= 0.6 is 0 Å². The normalized spacial score (nSPS) is 12.6. The van der Waals surface area contributed by atoms with E-state index in [1.54, 1.807) is 0 Å². The van der Waals surface area contributed by atoms with E-state index in [9.17, 15) is 9.90 Å². The molecule has 3 aromatic carbocycles. The number of rotatable bonds is 11. The van der Waals surface area contributed by atoms with E-state index in [2.05, 4.69) is 95.3 Å². The zero-order chi connectivity index (χ0) is 38.7. The molecule has 0 bridgehead atoms. The number of allylic oxidation sites excluding steroid dienone is 2. The molecular weight excluding hydrogens is 847 g/mol. The summed E-state index contributed by atoms with van der Waals surface area (Å²) < 4.78 is 12.6. The SMILES string of the molecule is CC(C)Cc1ccc2oc(-c3cc4ccnc(-c5[c-]c6ccccc6c(C(C)(C)C)c5)c4o3)cc2c1.CCC(C)(CC)C(=O)/C=C(\O)C(C)(CC)CC.[Ir]. The second kappa shape index (κ2) is 17.2. The van der Waals surface area contributed by atoms with E-state index in [0.717, 1.165) is 76.4 Å². The molecule has 6 rings (SSSR count). The molecule has 1 radical (unpaired) electrons. The Morgan fingerprint density at radius 2 is 1.44 bits per heavy atom. The third kappa shape index (κ3) is 9.09. The summed E-state index contributed by atoms with van der Waals surface area (Å²) in [6.45, 7) is 23.3. The van der Waals surface area contributed by atoms with Crippen molar-refractivity contribution >= 4 is 38.5 Å². The van der Waals surface area contributed by atoms with E-state index < -0.39 is 0 Å². The van der Waals surface area contributed by atoms with E-state index in [1.807, 2.05) is 59.9 Å². The number of furan rings is 2. The number of aliphatic hydroxyl groups is 1.